The molecule has 2 aliphatic rings. The Morgan fingerprint density at radius 1 is 1.02 bits per heavy atom. The molecule has 12 heteroatoms. The van der Waals surface area contributed by atoms with E-state index in [9.17, 15) is 24.3 Å². The zero-order valence-corrected chi connectivity index (χ0v) is 23.7. The number of nitrogens with one attached hydrogen (secondary N) is 4. The van der Waals surface area contributed by atoms with Crippen LogP contribution in [0.1, 0.15) is 24.8 Å². The molecule has 4 amide bonds. The van der Waals surface area contributed by atoms with Gasteiger partial charge in [0.15, 0.2) is 0 Å². The van der Waals surface area contributed by atoms with Crippen molar-refractivity contribution in [2.45, 2.75) is 56.0 Å². The van der Waals surface area contributed by atoms with E-state index >= 15 is 0 Å². The van der Waals surface area contributed by atoms with Gasteiger partial charge in [0.05, 0.1) is 30.0 Å². The summed E-state index contributed by atoms with van der Waals surface area (Å²) in [6.45, 7) is 0.344. The van der Waals surface area contributed by atoms with E-state index in [0.717, 1.165) is 16.5 Å². The Morgan fingerprint density at radius 2 is 1.79 bits per heavy atom. The van der Waals surface area contributed by atoms with Crippen molar-refractivity contribution in [3.8, 4) is 0 Å². The predicted molar refractivity (Wildman–Crippen MR) is 161 cm³/mol. The van der Waals surface area contributed by atoms with Crippen molar-refractivity contribution < 1.29 is 24.3 Å². The van der Waals surface area contributed by atoms with Crippen molar-refractivity contribution >= 4 is 40.2 Å². The second-order valence-corrected chi connectivity index (χ2v) is 11.1. The lowest BCUT2D eigenvalue weighted by atomic mass is 10.1. The van der Waals surface area contributed by atoms with Crippen molar-refractivity contribution in [3.05, 3.63) is 72.4 Å². The second-order valence-electron chi connectivity index (χ2n) is 11.1. The summed E-state index contributed by atoms with van der Waals surface area (Å²) in [6.07, 6.45) is 1.63. The molecule has 0 spiro atoms. The van der Waals surface area contributed by atoms with Crippen LogP contribution in [-0.2, 0) is 25.6 Å². The first kappa shape index (κ1) is 30.1. The number of carbonyl (C=O) groups is 4. The molecule has 2 fully saturated rings. The molecule has 0 aliphatic carbocycles. The number of likely N-dealkylation sites (tertiary alicyclic amines) is 1. The lowest BCUT2D eigenvalue weighted by molar-refractivity contribution is -0.138. The molecule has 3 aromatic rings. The number of aliphatic hydroxyl groups excluding tert-OH is 1. The van der Waals surface area contributed by atoms with Gasteiger partial charge in [-0.15, -0.1) is 0 Å². The number of nitrogens with zero attached hydrogens (tertiary/aromatic N) is 2. The van der Waals surface area contributed by atoms with Gasteiger partial charge in [0.1, 0.15) is 12.1 Å². The number of para-hydroxylation sites is 1. The van der Waals surface area contributed by atoms with E-state index in [1.54, 1.807) is 6.20 Å². The molecule has 2 aromatic carbocycles. The summed E-state index contributed by atoms with van der Waals surface area (Å²) < 4.78 is 0. The summed E-state index contributed by atoms with van der Waals surface area (Å²) in [7, 11) is 0. The molecule has 0 bridgehead atoms. The predicted octanol–water partition coefficient (Wildman–Crippen LogP) is 0.0581. The lowest BCUT2D eigenvalue weighted by Gasteiger charge is -2.26. The number of nitrogens with two attached hydrogens (primary N) is 1. The van der Waals surface area contributed by atoms with Crippen LogP contribution in [0.15, 0.2) is 66.9 Å². The van der Waals surface area contributed by atoms with E-state index in [1.807, 2.05) is 60.7 Å². The third-order valence-electron chi connectivity index (χ3n) is 7.92. The van der Waals surface area contributed by atoms with E-state index in [-0.39, 0.29) is 43.8 Å². The number of fused-ring (bicyclic) bond motifs is 1. The highest BCUT2D eigenvalue weighted by molar-refractivity contribution is 5.99. The highest BCUT2D eigenvalue weighted by atomic mass is 16.3. The Balaban J connectivity index is 1.26. The molecule has 2 aliphatic heterocycles. The number of aromatic nitrogens is 1. The Bertz CT molecular complexity index is 1470. The number of amides is 4. The SMILES string of the molecule is NCC(=O)NC1CNC(C(=O)N2CC(NC(=O)C(O)CCc3ccccc3)CC2C(=O)Nc2cnc3ccccc3c2)C1. The third-order valence-corrected chi connectivity index (χ3v) is 7.92. The summed E-state index contributed by atoms with van der Waals surface area (Å²) in [5.74, 6) is -1.56. The third kappa shape index (κ3) is 7.53. The van der Waals surface area contributed by atoms with Gasteiger partial charge in [-0.25, -0.2) is 0 Å². The van der Waals surface area contributed by atoms with Crippen LogP contribution in [-0.4, -0.2) is 88.5 Å². The van der Waals surface area contributed by atoms with E-state index < -0.39 is 36.0 Å². The molecular weight excluding hydrogens is 550 g/mol. The van der Waals surface area contributed by atoms with Crippen molar-refractivity contribution in [2.24, 2.45) is 5.73 Å². The molecule has 5 atom stereocenters. The maximum absolute atomic E-state index is 13.7. The zero-order valence-electron chi connectivity index (χ0n) is 23.7. The standard InChI is InChI=1S/C31H37N7O5/c32-15-28(40)35-22-13-25(34-17-22)31(43)38-18-23(37-30(42)27(39)11-10-19-6-2-1-3-7-19)14-26(38)29(41)36-21-12-20-8-4-5-9-24(20)33-16-21/h1-9,12,16,22-23,25-27,34,39H,10-11,13-15,17-18,32H2,(H,35,40)(H,36,41)(H,37,42). The molecule has 5 rings (SSSR count). The Morgan fingerprint density at radius 3 is 2.58 bits per heavy atom. The summed E-state index contributed by atoms with van der Waals surface area (Å²) in [5.41, 5.74) is 7.69. The van der Waals surface area contributed by atoms with E-state index in [2.05, 4.69) is 26.3 Å². The van der Waals surface area contributed by atoms with Gasteiger partial charge in [-0.05, 0) is 43.4 Å². The van der Waals surface area contributed by atoms with Crippen LogP contribution >= 0.6 is 0 Å². The molecular formula is C31H37N7O5. The quantitative estimate of drug-likeness (QED) is 0.193. The number of rotatable bonds is 10. The smallest absolute Gasteiger partial charge is 0.249 e. The Hall–Kier alpha value is -4.39. The van der Waals surface area contributed by atoms with Crippen LogP contribution in [0, 0.1) is 0 Å². The zero-order chi connectivity index (χ0) is 30.3. The molecule has 226 valence electrons. The molecule has 2 saturated heterocycles. The molecule has 12 nitrogen and oxygen atoms in total. The number of carbonyl (C=O) groups excluding carboxylic acids is 4. The number of pyridine rings is 1. The first-order valence-corrected chi connectivity index (χ1v) is 14.5. The van der Waals surface area contributed by atoms with Gasteiger partial charge in [-0.3, -0.25) is 24.2 Å². The van der Waals surface area contributed by atoms with Crippen molar-refractivity contribution in [1.82, 2.24) is 25.8 Å². The van der Waals surface area contributed by atoms with Crippen LogP contribution in [0.3, 0.4) is 0 Å². The summed E-state index contributed by atoms with van der Waals surface area (Å²) >= 11 is 0. The fraction of sp³-hybridized carbons (Fsp3) is 0.387. The second kappa shape index (κ2) is 13.7. The molecule has 3 heterocycles. The van der Waals surface area contributed by atoms with Gasteiger partial charge in [0.2, 0.25) is 23.6 Å². The highest BCUT2D eigenvalue weighted by Crippen LogP contribution is 2.24. The molecule has 0 radical (unpaired) electrons. The fourth-order valence-electron chi connectivity index (χ4n) is 5.69. The Kier molecular flexibility index (Phi) is 9.60. The minimum atomic E-state index is -1.23. The summed E-state index contributed by atoms with van der Waals surface area (Å²) in [6, 6.07) is 16.6. The van der Waals surface area contributed by atoms with Crippen molar-refractivity contribution in [2.75, 3.05) is 25.0 Å². The average Bonchev–Trinajstić information content (AvgIpc) is 3.67. The van der Waals surface area contributed by atoms with Gasteiger partial charge in [-0.2, -0.15) is 0 Å². The Labute approximate surface area is 249 Å². The van der Waals surface area contributed by atoms with Crippen LogP contribution in [0.5, 0.6) is 0 Å². The van der Waals surface area contributed by atoms with Gasteiger partial charge in [0.25, 0.3) is 0 Å². The van der Waals surface area contributed by atoms with Gasteiger partial charge in [0, 0.05) is 30.6 Å². The topological polar surface area (TPSA) is 179 Å². The number of hydrogen-bond donors (Lipinski definition) is 6. The van der Waals surface area contributed by atoms with Gasteiger partial charge < -0.3 is 37.0 Å². The van der Waals surface area contributed by atoms with Gasteiger partial charge in [-0.1, -0.05) is 48.5 Å². The minimum absolute atomic E-state index is 0.0992. The number of benzene rings is 2. The number of anilines is 1. The van der Waals surface area contributed by atoms with Crippen LogP contribution in [0.4, 0.5) is 5.69 Å². The fourth-order valence-corrected chi connectivity index (χ4v) is 5.69. The van der Waals surface area contributed by atoms with Crippen molar-refractivity contribution in [1.29, 1.82) is 0 Å². The average molecular weight is 588 g/mol. The number of hydrogen-bond acceptors (Lipinski definition) is 8. The van der Waals surface area contributed by atoms with E-state index in [1.165, 1.54) is 4.90 Å². The monoisotopic (exact) mass is 587 g/mol. The minimum Gasteiger partial charge on any atom is -0.383 e. The molecule has 5 unspecified atom stereocenters. The summed E-state index contributed by atoms with van der Waals surface area (Å²) in [5, 5.41) is 23.0. The van der Waals surface area contributed by atoms with E-state index in [0.29, 0.717) is 25.1 Å². The number of aryl methyl sites for hydroxylation is 1. The molecule has 1 aromatic heterocycles. The van der Waals surface area contributed by atoms with E-state index in [4.69, 9.17) is 5.73 Å². The molecule has 43 heavy (non-hydrogen) atoms. The first-order chi connectivity index (χ1) is 20.8. The number of aliphatic hydroxyl groups is 1. The lowest BCUT2D eigenvalue weighted by Crippen LogP contribution is -2.50. The maximum atomic E-state index is 13.7. The van der Waals surface area contributed by atoms with Crippen LogP contribution in [0.2, 0.25) is 0 Å². The molecule has 0 saturated carbocycles. The summed E-state index contributed by atoms with van der Waals surface area (Å²) in [4.78, 5) is 57.7. The van der Waals surface area contributed by atoms with Crippen LogP contribution < -0.4 is 27.0 Å². The maximum Gasteiger partial charge on any atom is 0.249 e. The van der Waals surface area contributed by atoms with Gasteiger partial charge >= 0.3 is 0 Å². The first-order valence-electron chi connectivity index (χ1n) is 14.5. The molecule has 7 N–H and O–H groups in total. The van der Waals surface area contributed by atoms with Crippen LogP contribution in [0.25, 0.3) is 10.9 Å². The van der Waals surface area contributed by atoms with Crippen molar-refractivity contribution in [3.63, 3.8) is 0 Å². The highest BCUT2D eigenvalue weighted by Gasteiger charge is 2.44. The largest absolute Gasteiger partial charge is 0.383 e. The normalized spacial score (nSPS) is 22.2.